The molecule has 1 saturated carbocycles. The summed E-state index contributed by atoms with van der Waals surface area (Å²) in [4.78, 5) is 23.7. The fraction of sp³-hybridized carbons (Fsp3) is 0.579. The monoisotopic (exact) mass is 396 g/mol. The van der Waals surface area contributed by atoms with Crippen LogP contribution in [0.2, 0.25) is 0 Å². The molecule has 0 aliphatic heterocycles. The molecule has 1 fully saturated rings. The number of aliphatic carboxylic acids is 1. The van der Waals surface area contributed by atoms with Crippen molar-refractivity contribution in [1.29, 1.82) is 0 Å². The molecule has 3 N–H and O–H groups in total. The number of anilines is 1. The van der Waals surface area contributed by atoms with E-state index in [9.17, 15) is 23.1 Å². The average molecular weight is 397 g/mol. The minimum Gasteiger partial charge on any atom is -0.481 e. The van der Waals surface area contributed by atoms with Crippen molar-refractivity contribution >= 4 is 27.5 Å². The highest BCUT2D eigenvalue weighted by molar-refractivity contribution is 7.92. The molecule has 0 radical (unpaired) electrons. The van der Waals surface area contributed by atoms with Crippen molar-refractivity contribution in [1.82, 2.24) is 5.32 Å². The molecule has 1 aromatic rings. The van der Waals surface area contributed by atoms with E-state index in [1.165, 1.54) is 6.07 Å². The Labute approximate surface area is 160 Å². The van der Waals surface area contributed by atoms with E-state index in [0.29, 0.717) is 6.42 Å². The maximum absolute atomic E-state index is 12.5. The van der Waals surface area contributed by atoms with Crippen LogP contribution in [0.3, 0.4) is 0 Å². The SMILES string of the molecule is CC(NC(=O)Nc1ccccc1S(=O)(=O)C(C)C)[C@@H]1C[C@H](C(=O)O)C1(C)C. The van der Waals surface area contributed by atoms with E-state index in [1.807, 2.05) is 20.8 Å². The van der Waals surface area contributed by atoms with Gasteiger partial charge in [-0.05, 0) is 50.7 Å². The summed E-state index contributed by atoms with van der Waals surface area (Å²) in [6, 6.07) is 5.54. The van der Waals surface area contributed by atoms with Crippen molar-refractivity contribution in [3.05, 3.63) is 24.3 Å². The fourth-order valence-corrected chi connectivity index (χ4v) is 4.97. The van der Waals surface area contributed by atoms with Crippen molar-refractivity contribution < 1.29 is 23.1 Å². The Balaban J connectivity index is 2.09. The maximum Gasteiger partial charge on any atom is 0.319 e. The van der Waals surface area contributed by atoms with Gasteiger partial charge in [-0.15, -0.1) is 0 Å². The molecule has 0 spiro atoms. The van der Waals surface area contributed by atoms with Gasteiger partial charge in [0.15, 0.2) is 9.84 Å². The first kappa shape index (κ1) is 21.2. The van der Waals surface area contributed by atoms with Crippen LogP contribution in [0.15, 0.2) is 29.2 Å². The predicted molar refractivity (Wildman–Crippen MR) is 103 cm³/mol. The van der Waals surface area contributed by atoms with Crippen molar-refractivity contribution in [2.45, 2.75) is 57.2 Å². The molecule has 7 nitrogen and oxygen atoms in total. The summed E-state index contributed by atoms with van der Waals surface area (Å²) in [5.74, 6) is -1.22. The molecule has 2 rings (SSSR count). The predicted octanol–water partition coefficient (Wildman–Crippen LogP) is 3.13. The zero-order valence-corrected chi connectivity index (χ0v) is 17.1. The van der Waals surface area contributed by atoms with E-state index in [4.69, 9.17) is 0 Å². The number of carbonyl (C=O) groups excluding carboxylic acids is 1. The molecular weight excluding hydrogens is 368 g/mol. The highest BCUT2D eigenvalue weighted by Crippen LogP contribution is 2.52. The van der Waals surface area contributed by atoms with Crippen LogP contribution in [0, 0.1) is 17.3 Å². The number of carboxylic acids is 1. The van der Waals surface area contributed by atoms with Gasteiger partial charge in [-0.25, -0.2) is 13.2 Å². The lowest BCUT2D eigenvalue weighted by Crippen LogP contribution is -2.57. The normalized spacial score (nSPS) is 22.6. The molecule has 0 bridgehead atoms. The highest BCUT2D eigenvalue weighted by atomic mass is 32.2. The van der Waals surface area contributed by atoms with Gasteiger partial charge in [-0.2, -0.15) is 0 Å². The van der Waals surface area contributed by atoms with E-state index < -0.39 is 38.4 Å². The molecule has 1 aromatic carbocycles. The van der Waals surface area contributed by atoms with Gasteiger partial charge in [0.2, 0.25) is 0 Å². The number of carbonyl (C=O) groups is 2. The molecule has 1 aliphatic rings. The first-order valence-electron chi connectivity index (χ1n) is 9.02. The van der Waals surface area contributed by atoms with E-state index in [2.05, 4.69) is 10.6 Å². The summed E-state index contributed by atoms with van der Waals surface area (Å²) < 4.78 is 25.0. The van der Waals surface area contributed by atoms with Gasteiger partial charge < -0.3 is 15.7 Å². The number of amides is 2. The summed E-state index contributed by atoms with van der Waals surface area (Å²) >= 11 is 0. The minimum atomic E-state index is -3.53. The average Bonchev–Trinajstić information content (AvgIpc) is 2.53. The minimum absolute atomic E-state index is 0.0268. The topological polar surface area (TPSA) is 113 Å². The smallest absolute Gasteiger partial charge is 0.319 e. The van der Waals surface area contributed by atoms with Gasteiger partial charge in [0.1, 0.15) is 0 Å². The number of carboxylic acid groups (broad SMARTS) is 1. The van der Waals surface area contributed by atoms with E-state index in [0.717, 1.165) is 0 Å². The van der Waals surface area contributed by atoms with Crippen LogP contribution >= 0.6 is 0 Å². The van der Waals surface area contributed by atoms with Crippen molar-refractivity contribution in [2.24, 2.45) is 17.3 Å². The summed E-state index contributed by atoms with van der Waals surface area (Å²) in [7, 11) is -3.53. The number of para-hydroxylation sites is 1. The Bertz CT molecular complexity index is 832. The fourth-order valence-electron chi connectivity index (χ4n) is 3.76. The number of hydrogen-bond acceptors (Lipinski definition) is 4. The first-order chi connectivity index (χ1) is 12.4. The lowest BCUT2D eigenvalue weighted by atomic mass is 9.53. The summed E-state index contributed by atoms with van der Waals surface area (Å²) in [5, 5.41) is 14.1. The maximum atomic E-state index is 12.5. The first-order valence-corrected chi connectivity index (χ1v) is 10.6. The van der Waals surface area contributed by atoms with Gasteiger partial charge in [0.05, 0.1) is 21.8 Å². The molecule has 1 aliphatic carbocycles. The van der Waals surface area contributed by atoms with Crippen LogP contribution in [0.25, 0.3) is 0 Å². The largest absolute Gasteiger partial charge is 0.481 e. The molecule has 8 heteroatoms. The Hall–Kier alpha value is -2.09. The van der Waals surface area contributed by atoms with Crippen LogP contribution in [-0.2, 0) is 14.6 Å². The summed E-state index contributed by atoms with van der Waals surface area (Å²) in [5.41, 5.74) is -0.190. The number of rotatable bonds is 6. The van der Waals surface area contributed by atoms with Crippen LogP contribution in [0.1, 0.15) is 41.0 Å². The molecule has 1 unspecified atom stereocenters. The van der Waals surface area contributed by atoms with Crippen LogP contribution in [0.5, 0.6) is 0 Å². The second kappa shape index (κ2) is 7.50. The number of hydrogen-bond donors (Lipinski definition) is 3. The Morgan fingerprint density at radius 2 is 1.78 bits per heavy atom. The second-order valence-electron chi connectivity index (χ2n) is 8.03. The lowest BCUT2D eigenvalue weighted by molar-refractivity contribution is -0.160. The van der Waals surface area contributed by atoms with E-state index in [1.54, 1.807) is 32.0 Å². The van der Waals surface area contributed by atoms with Gasteiger partial charge in [0.25, 0.3) is 0 Å². The van der Waals surface area contributed by atoms with Crippen molar-refractivity contribution in [3.63, 3.8) is 0 Å². The third-order valence-corrected chi connectivity index (χ3v) is 7.88. The molecule has 3 atom stereocenters. The summed E-state index contributed by atoms with van der Waals surface area (Å²) in [6.07, 6.45) is 0.502. The van der Waals surface area contributed by atoms with Gasteiger partial charge in [-0.1, -0.05) is 26.0 Å². The number of benzene rings is 1. The van der Waals surface area contributed by atoms with Crippen LogP contribution in [0.4, 0.5) is 10.5 Å². The Morgan fingerprint density at radius 1 is 1.19 bits per heavy atom. The zero-order chi connectivity index (χ0) is 20.6. The van der Waals surface area contributed by atoms with Gasteiger partial charge >= 0.3 is 12.0 Å². The number of nitrogens with one attached hydrogen (secondary N) is 2. The quantitative estimate of drug-likeness (QED) is 0.684. The van der Waals surface area contributed by atoms with E-state index in [-0.39, 0.29) is 22.5 Å². The Kier molecular flexibility index (Phi) is 5.89. The second-order valence-corrected chi connectivity index (χ2v) is 10.5. The highest BCUT2D eigenvalue weighted by Gasteiger charge is 2.53. The molecule has 150 valence electrons. The zero-order valence-electron chi connectivity index (χ0n) is 16.3. The molecule has 0 heterocycles. The molecule has 2 amide bonds. The third-order valence-electron chi connectivity index (χ3n) is 5.67. The lowest BCUT2D eigenvalue weighted by Gasteiger charge is -2.52. The third kappa shape index (κ3) is 4.10. The molecule has 27 heavy (non-hydrogen) atoms. The van der Waals surface area contributed by atoms with Crippen molar-refractivity contribution in [2.75, 3.05) is 5.32 Å². The standard InChI is InChI=1S/C19H28N2O5S/c1-11(2)27(25,26)16-9-7-6-8-15(16)21-18(24)20-12(3)13-10-14(17(22)23)19(13,4)5/h6-9,11-14H,10H2,1-5H3,(H,22,23)(H2,20,21,24)/t12?,13-,14+/m0/s1. The molecule has 0 saturated heterocycles. The molecule has 0 aromatic heterocycles. The van der Waals surface area contributed by atoms with Crippen LogP contribution < -0.4 is 10.6 Å². The number of sulfone groups is 1. The van der Waals surface area contributed by atoms with Crippen LogP contribution in [-0.4, -0.2) is 36.8 Å². The Morgan fingerprint density at radius 3 is 2.30 bits per heavy atom. The molecular formula is C19H28N2O5S. The van der Waals surface area contributed by atoms with Gasteiger partial charge in [0, 0.05) is 6.04 Å². The van der Waals surface area contributed by atoms with Crippen molar-refractivity contribution in [3.8, 4) is 0 Å². The number of urea groups is 1. The van der Waals surface area contributed by atoms with E-state index >= 15 is 0 Å². The van der Waals surface area contributed by atoms with Gasteiger partial charge in [-0.3, -0.25) is 4.79 Å². The summed E-state index contributed by atoms with van der Waals surface area (Å²) in [6.45, 7) is 8.79.